The van der Waals surface area contributed by atoms with E-state index in [9.17, 15) is 18.3 Å². The molecule has 5 rings (SSSR count). The Morgan fingerprint density at radius 3 is 2.57 bits per heavy atom. The molecule has 1 N–H and O–H groups in total. The van der Waals surface area contributed by atoms with Gasteiger partial charge in [-0.25, -0.2) is 27.8 Å². The number of aromatic nitrogens is 5. The minimum absolute atomic E-state index is 0.104. The normalized spacial score (nSPS) is 17.7. The Kier molecular flexibility index (Phi) is 5.68. The summed E-state index contributed by atoms with van der Waals surface area (Å²) < 4.78 is 50.1. The van der Waals surface area contributed by atoms with Gasteiger partial charge in [-0.05, 0) is 61.2 Å². The molecule has 1 aliphatic heterocycles. The first-order valence-electron chi connectivity index (χ1n) is 11.0. The molecule has 180 valence electrons. The number of aliphatic hydroxyl groups is 1. The average Bonchev–Trinajstić information content (AvgIpc) is 3.47. The summed E-state index contributed by atoms with van der Waals surface area (Å²) in [6, 6.07) is 7.26. The Labute approximate surface area is 199 Å². The third-order valence-electron chi connectivity index (χ3n) is 6.05. The molecule has 10 heteroatoms. The van der Waals surface area contributed by atoms with Crippen molar-refractivity contribution in [1.82, 2.24) is 24.3 Å². The second-order valence-corrected chi connectivity index (χ2v) is 8.42. The van der Waals surface area contributed by atoms with E-state index in [1.165, 1.54) is 4.68 Å². The molecule has 0 saturated carbocycles. The van der Waals surface area contributed by atoms with E-state index >= 15 is 0 Å². The molecule has 0 aliphatic carbocycles. The molecular weight excluding hydrogens is 459 g/mol. The molecule has 35 heavy (non-hydrogen) atoms. The highest BCUT2D eigenvalue weighted by Gasteiger charge is 2.40. The van der Waals surface area contributed by atoms with Crippen molar-refractivity contribution in [2.24, 2.45) is 0 Å². The molecule has 0 fully saturated rings. The van der Waals surface area contributed by atoms with E-state index in [0.29, 0.717) is 24.5 Å². The molecule has 0 spiro atoms. The fraction of sp³-hybridized carbons (Fsp3) is 0.240. The lowest BCUT2D eigenvalue weighted by atomic mass is 9.86. The van der Waals surface area contributed by atoms with Crippen LogP contribution in [0.1, 0.15) is 41.3 Å². The maximum absolute atomic E-state index is 13.9. The third-order valence-corrected chi connectivity index (χ3v) is 6.05. The fourth-order valence-electron chi connectivity index (χ4n) is 4.29. The number of halogens is 3. The number of imidazole rings is 1. The zero-order valence-electron chi connectivity index (χ0n) is 19.0. The summed E-state index contributed by atoms with van der Waals surface area (Å²) in [5.74, 6) is -3.20. The smallest absolute Gasteiger partial charge is 0.194 e. The van der Waals surface area contributed by atoms with Crippen LogP contribution in [0, 0.1) is 24.4 Å². The Morgan fingerprint density at radius 1 is 1.11 bits per heavy atom. The van der Waals surface area contributed by atoms with Crippen molar-refractivity contribution < 1.29 is 23.0 Å². The van der Waals surface area contributed by atoms with Crippen LogP contribution in [0.4, 0.5) is 13.2 Å². The largest absolute Gasteiger partial charge is 0.495 e. The van der Waals surface area contributed by atoms with Crippen LogP contribution in [0.2, 0.25) is 0 Å². The first-order valence-corrected chi connectivity index (χ1v) is 11.0. The molecule has 1 aliphatic rings. The Morgan fingerprint density at radius 2 is 1.89 bits per heavy atom. The summed E-state index contributed by atoms with van der Waals surface area (Å²) in [6.45, 7) is 2.39. The van der Waals surface area contributed by atoms with E-state index < -0.39 is 23.1 Å². The van der Waals surface area contributed by atoms with E-state index in [1.807, 2.05) is 35.9 Å². The number of aryl methyl sites for hydroxylation is 2. The predicted octanol–water partition coefficient (Wildman–Crippen LogP) is 4.40. The van der Waals surface area contributed by atoms with E-state index in [4.69, 9.17) is 4.74 Å². The standard InChI is InChI=1S/C25H22F3N5O2/c1-15-13-32(14-29-15)20-6-4-16(10-21(20)35-2)5-7-22-30-24-25(34,8-3-9-33(24)31-22)17-11-18(26)23(28)19(27)12-17/h4-7,10-14,34H,3,8-9H2,1-2H3/b7-5+/t25-/m1/s1. The van der Waals surface area contributed by atoms with E-state index in [-0.39, 0.29) is 17.8 Å². The average molecular weight is 481 g/mol. The maximum atomic E-state index is 13.9. The quantitative estimate of drug-likeness (QED) is 0.428. The van der Waals surface area contributed by atoms with Crippen molar-refractivity contribution in [2.45, 2.75) is 31.9 Å². The van der Waals surface area contributed by atoms with Crippen LogP contribution in [0.15, 0.2) is 42.9 Å². The molecule has 7 nitrogen and oxygen atoms in total. The van der Waals surface area contributed by atoms with Gasteiger partial charge >= 0.3 is 0 Å². The van der Waals surface area contributed by atoms with Crippen molar-refractivity contribution in [3.63, 3.8) is 0 Å². The lowest BCUT2D eigenvalue weighted by Crippen LogP contribution is -2.36. The Balaban J connectivity index is 1.45. The highest BCUT2D eigenvalue weighted by Crippen LogP contribution is 2.37. The van der Waals surface area contributed by atoms with Crippen LogP contribution in [-0.2, 0) is 12.1 Å². The van der Waals surface area contributed by atoms with Crippen molar-refractivity contribution >= 4 is 12.2 Å². The second kappa shape index (κ2) is 8.70. The van der Waals surface area contributed by atoms with Crippen LogP contribution >= 0.6 is 0 Å². The highest BCUT2D eigenvalue weighted by atomic mass is 19.2. The Hall–Kier alpha value is -3.92. The number of fused-ring (bicyclic) bond motifs is 1. The van der Waals surface area contributed by atoms with E-state index in [2.05, 4.69) is 15.1 Å². The second-order valence-electron chi connectivity index (χ2n) is 8.42. The van der Waals surface area contributed by atoms with Crippen molar-refractivity contribution in [3.05, 3.63) is 88.8 Å². The zero-order valence-corrected chi connectivity index (χ0v) is 19.0. The van der Waals surface area contributed by atoms with Gasteiger partial charge in [-0.15, -0.1) is 0 Å². The van der Waals surface area contributed by atoms with Gasteiger partial charge in [0.25, 0.3) is 0 Å². The van der Waals surface area contributed by atoms with Gasteiger partial charge in [-0.2, -0.15) is 5.10 Å². The van der Waals surface area contributed by atoms with Crippen molar-refractivity contribution in [2.75, 3.05) is 7.11 Å². The van der Waals surface area contributed by atoms with Gasteiger partial charge in [0.2, 0.25) is 0 Å². The van der Waals surface area contributed by atoms with E-state index in [1.54, 1.807) is 25.6 Å². The topological polar surface area (TPSA) is 78.0 Å². The van der Waals surface area contributed by atoms with Gasteiger partial charge in [-0.1, -0.05) is 12.1 Å². The summed E-state index contributed by atoms with van der Waals surface area (Å²) in [5, 5.41) is 15.7. The van der Waals surface area contributed by atoms with Crippen LogP contribution in [0.3, 0.4) is 0 Å². The minimum atomic E-state index is -1.79. The summed E-state index contributed by atoms with van der Waals surface area (Å²) in [7, 11) is 1.59. The zero-order chi connectivity index (χ0) is 24.7. The molecule has 4 aromatic rings. The van der Waals surface area contributed by atoms with Gasteiger partial charge in [-0.3, -0.25) is 0 Å². The summed E-state index contributed by atoms with van der Waals surface area (Å²) in [6.07, 6.45) is 7.75. The van der Waals surface area contributed by atoms with Crippen LogP contribution in [0.25, 0.3) is 17.8 Å². The number of hydrogen-bond donors (Lipinski definition) is 1. The minimum Gasteiger partial charge on any atom is -0.495 e. The van der Waals surface area contributed by atoms with Gasteiger partial charge < -0.3 is 14.4 Å². The molecule has 0 radical (unpaired) electrons. The van der Waals surface area contributed by atoms with Crippen LogP contribution in [-0.4, -0.2) is 36.5 Å². The molecule has 0 saturated heterocycles. The third kappa shape index (κ3) is 4.10. The molecular formula is C25H22F3N5O2. The van der Waals surface area contributed by atoms with Gasteiger partial charge in [0, 0.05) is 12.7 Å². The molecule has 3 heterocycles. The predicted molar refractivity (Wildman–Crippen MR) is 122 cm³/mol. The maximum Gasteiger partial charge on any atom is 0.194 e. The number of hydrogen-bond acceptors (Lipinski definition) is 5. The number of methoxy groups -OCH3 is 1. The lowest BCUT2D eigenvalue weighted by Gasteiger charge is -2.31. The van der Waals surface area contributed by atoms with E-state index in [0.717, 1.165) is 29.1 Å². The molecule has 1 atom stereocenters. The molecule has 2 aromatic heterocycles. The molecule has 0 bridgehead atoms. The van der Waals surface area contributed by atoms with Crippen LogP contribution < -0.4 is 4.74 Å². The van der Waals surface area contributed by atoms with Crippen molar-refractivity contribution in [3.8, 4) is 11.4 Å². The number of benzene rings is 2. The summed E-state index contributed by atoms with van der Waals surface area (Å²) >= 11 is 0. The lowest BCUT2D eigenvalue weighted by molar-refractivity contribution is 0.0387. The van der Waals surface area contributed by atoms with Gasteiger partial charge in [0.1, 0.15) is 11.4 Å². The Bertz CT molecular complexity index is 1420. The molecule has 0 unspecified atom stereocenters. The van der Waals surface area contributed by atoms with Gasteiger partial charge in [0.15, 0.2) is 29.1 Å². The summed E-state index contributed by atoms with van der Waals surface area (Å²) in [4.78, 5) is 8.66. The first-order chi connectivity index (χ1) is 16.8. The summed E-state index contributed by atoms with van der Waals surface area (Å²) in [5.41, 5.74) is 0.656. The van der Waals surface area contributed by atoms with Crippen LogP contribution in [0.5, 0.6) is 5.75 Å². The highest BCUT2D eigenvalue weighted by molar-refractivity contribution is 5.69. The molecule has 0 amide bonds. The van der Waals surface area contributed by atoms with Gasteiger partial charge in [0.05, 0.1) is 24.8 Å². The number of nitrogens with zero attached hydrogens (tertiary/aromatic N) is 5. The first kappa shape index (κ1) is 22.9. The molecule has 2 aromatic carbocycles. The number of ether oxygens (including phenoxy) is 1. The fourth-order valence-corrected chi connectivity index (χ4v) is 4.29. The SMILES string of the molecule is COc1cc(/C=C/c2nc3n(n2)CCC[C@@]3(O)c2cc(F)c(F)c(F)c2)ccc1-n1cnc(C)c1. The monoisotopic (exact) mass is 481 g/mol. The van der Waals surface area contributed by atoms with Crippen molar-refractivity contribution in [1.29, 1.82) is 0 Å². The number of rotatable bonds is 5.